The maximum absolute atomic E-state index is 6.10. The van der Waals surface area contributed by atoms with E-state index < -0.39 is 0 Å². The standard InChI is InChI=1S/C11H9N3O/c12-9-7-3-1-5-13-10(7)15-11-8(9)4-2-6-14-11/h1-6,9H,12H2. The van der Waals surface area contributed by atoms with Crippen LogP contribution in [0.15, 0.2) is 36.7 Å². The third kappa shape index (κ3) is 1.19. The van der Waals surface area contributed by atoms with Gasteiger partial charge in [0, 0.05) is 23.5 Å². The molecule has 0 unspecified atom stereocenters. The van der Waals surface area contributed by atoms with Gasteiger partial charge in [-0.05, 0) is 12.1 Å². The van der Waals surface area contributed by atoms with Gasteiger partial charge in [-0.1, -0.05) is 12.1 Å². The van der Waals surface area contributed by atoms with Crippen molar-refractivity contribution in [2.75, 3.05) is 0 Å². The topological polar surface area (TPSA) is 61.0 Å². The van der Waals surface area contributed by atoms with Crippen molar-refractivity contribution in [2.24, 2.45) is 5.73 Å². The zero-order chi connectivity index (χ0) is 10.3. The molecule has 0 fully saturated rings. The van der Waals surface area contributed by atoms with Crippen LogP contribution in [0.5, 0.6) is 11.8 Å². The second-order valence-corrected chi connectivity index (χ2v) is 3.38. The SMILES string of the molecule is NC1c2cccnc2Oc2ncccc21. The first kappa shape index (κ1) is 8.38. The second-order valence-electron chi connectivity index (χ2n) is 3.38. The summed E-state index contributed by atoms with van der Waals surface area (Å²) in [7, 11) is 0. The lowest BCUT2D eigenvalue weighted by Gasteiger charge is -2.22. The molecule has 3 heterocycles. The van der Waals surface area contributed by atoms with Crippen LogP contribution >= 0.6 is 0 Å². The normalized spacial score (nSPS) is 13.9. The number of fused-ring (bicyclic) bond motifs is 2. The molecule has 0 radical (unpaired) electrons. The van der Waals surface area contributed by atoms with Gasteiger partial charge in [0.2, 0.25) is 11.8 Å². The average Bonchev–Trinajstić information content (AvgIpc) is 2.30. The predicted molar refractivity (Wildman–Crippen MR) is 54.6 cm³/mol. The number of rotatable bonds is 0. The summed E-state index contributed by atoms with van der Waals surface area (Å²) < 4.78 is 5.55. The third-order valence-electron chi connectivity index (χ3n) is 2.46. The smallest absolute Gasteiger partial charge is 0.226 e. The van der Waals surface area contributed by atoms with Gasteiger partial charge in [-0.25, -0.2) is 9.97 Å². The first-order valence-electron chi connectivity index (χ1n) is 4.69. The summed E-state index contributed by atoms with van der Waals surface area (Å²) in [5.74, 6) is 1.10. The maximum atomic E-state index is 6.10. The number of nitrogens with two attached hydrogens (primary N) is 1. The van der Waals surface area contributed by atoms with Crippen LogP contribution < -0.4 is 10.5 Å². The predicted octanol–water partition coefficient (Wildman–Crippen LogP) is 1.63. The van der Waals surface area contributed by atoms with Crippen LogP contribution in [0.25, 0.3) is 0 Å². The van der Waals surface area contributed by atoms with Gasteiger partial charge in [-0.3, -0.25) is 0 Å². The van der Waals surface area contributed by atoms with E-state index in [1.807, 2.05) is 24.3 Å². The summed E-state index contributed by atoms with van der Waals surface area (Å²) in [5.41, 5.74) is 7.90. The highest BCUT2D eigenvalue weighted by Crippen LogP contribution is 2.38. The number of nitrogens with zero attached hydrogens (tertiary/aromatic N) is 2. The molecule has 1 aliphatic rings. The zero-order valence-corrected chi connectivity index (χ0v) is 7.92. The average molecular weight is 199 g/mol. The molecule has 0 saturated heterocycles. The number of pyridine rings is 2. The second kappa shape index (κ2) is 3.03. The molecule has 4 nitrogen and oxygen atoms in total. The fourth-order valence-corrected chi connectivity index (χ4v) is 1.71. The first-order valence-corrected chi connectivity index (χ1v) is 4.69. The quantitative estimate of drug-likeness (QED) is 0.700. The number of aromatic nitrogens is 2. The molecule has 0 aromatic carbocycles. The van der Waals surface area contributed by atoms with Gasteiger partial charge >= 0.3 is 0 Å². The van der Waals surface area contributed by atoms with Crippen LogP contribution in [0.3, 0.4) is 0 Å². The van der Waals surface area contributed by atoms with Gasteiger partial charge < -0.3 is 10.5 Å². The van der Waals surface area contributed by atoms with E-state index in [2.05, 4.69) is 9.97 Å². The van der Waals surface area contributed by atoms with E-state index in [-0.39, 0.29) is 6.04 Å². The van der Waals surface area contributed by atoms with E-state index in [0.29, 0.717) is 11.8 Å². The minimum atomic E-state index is -0.203. The third-order valence-corrected chi connectivity index (χ3v) is 2.46. The minimum absolute atomic E-state index is 0.203. The summed E-state index contributed by atoms with van der Waals surface area (Å²) in [6.45, 7) is 0. The molecule has 74 valence electrons. The Morgan fingerprint density at radius 2 is 1.53 bits per heavy atom. The molecule has 0 aliphatic carbocycles. The highest BCUT2D eigenvalue weighted by atomic mass is 16.5. The Morgan fingerprint density at radius 3 is 2.07 bits per heavy atom. The fraction of sp³-hybridized carbons (Fsp3) is 0.0909. The van der Waals surface area contributed by atoms with Crippen LogP contribution in [-0.2, 0) is 0 Å². The van der Waals surface area contributed by atoms with E-state index in [4.69, 9.17) is 10.5 Å². The molecule has 0 atom stereocenters. The monoisotopic (exact) mass is 199 g/mol. The summed E-state index contributed by atoms with van der Waals surface area (Å²) in [6.07, 6.45) is 3.36. The Balaban J connectivity index is 2.20. The van der Waals surface area contributed by atoms with Gasteiger partial charge in [0.15, 0.2) is 0 Å². The molecule has 4 heteroatoms. The minimum Gasteiger partial charge on any atom is -0.420 e. The van der Waals surface area contributed by atoms with Gasteiger partial charge in [-0.15, -0.1) is 0 Å². The molecule has 0 spiro atoms. The van der Waals surface area contributed by atoms with Crippen LogP contribution in [0, 0.1) is 0 Å². The van der Waals surface area contributed by atoms with Crippen LogP contribution in [0.4, 0.5) is 0 Å². The van der Waals surface area contributed by atoms with Crippen molar-refractivity contribution in [3.8, 4) is 11.8 Å². The molecule has 2 aromatic rings. The Hall–Kier alpha value is -1.94. The summed E-state index contributed by atoms with van der Waals surface area (Å²) in [6, 6.07) is 7.34. The summed E-state index contributed by atoms with van der Waals surface area (Å²) >= 11 is 0. The fourth-order valence-electron chi connectivity index (χ4n) is 1.71. The molecule has 0 amide bonds. The van der Waals surface area contributed by atoms with Crippen molar-refractivity contribution in [3.63, 3.8) is 0 Å². The van der Waals surface area contributed by atoms with Crippen molar-refractivity contribution >= 4 is 0 Å². The van der Waals surface area contributed by atoms with Gasteiger partial charge in [0.05, 0.1) is 6.04 Å². The molecular formula is C11H9N3O. The van der Waals surface area contributed by atoms with Gasteiger partial charge in [0.1, 0.15) is 0 Å². The van der Waals surface area contributed by atoms with Crippen LogP contribution in [-0.4, -0.2) is 9.97 Å². The van der Waals surface area contributed by atoms with Gasteiger partial charge in [-0.2, -0.15) is 0 Å². The van der Waals surface area contributed by atoms with Crippen molar-refractivity contribution < 1.29 is 4.74 Å². The Kier molecular flexibility index (Phi) is 1.69. The molecule has 2 aromatic heterocycles. The van der Waals surface area contributed by atoms with Crippen LogP contribution in [0.1, 0.15) is 17.2 Å². The largest absolute Gasteiger partial charge is 0.420 e. The van der Waals surface area contributed by atoms with Crippen molar-refractivity contribution in [3.05, 3.63) is 47.8 Å². The molecule has 1 aliphatic heterocycles. The molecular weight excluding hydrogens is 190 g/mol. The lowest BCUT2D eigenvalue weighted by Crippen LogP contribution is -2.18. The molecule has 2 N–H and O–H groups in total. The van der Waals surface area contributed by atoms with Crippen molar-refractivity contribution in [1.29, 1.82) is 0 Å². The lowest BCUT2D eigenvalue weighted by molar-refractivity contribution is 0.411. The Morgan fingerprint density at radius 1 is 1.00 bits per heavy atom. The Labute approximate surface area is 86.7 Å². The van der Waals surface area contributed by atoms with Crippen molar-refractivity contribution in [1.82, 2.24) is 9.97 Å². The van der Waals surface area contributed by atoms with E-state index in [9.17, 15) is 0 Å². The maximum Gasteiger partial charge on any atom is 0.226 e. The molecule has 3 rings (SSSR count). The lowest BCUT2D eigenvalue weighted by atomic mass is 10.00. The summed E-state index contributed by atoms with van der Waals surface area (Å²) in [5, 5.41) is 0. The van der Waals surface area contributed by atoms with E-state index in [1.54, 1.807) is 12.4 Å². The molecule has 15 heavy (non-hydrogen) atoms. The highest BCUT2D eigenvalue weighted by molar-refractivity contribution is 5.46. The van der Waals surface area contributed by atoms with E-state index >= 15 is 0 Å². The van der Waals surface area contributed by atoms with Crippen LogP contribution in [0.2, 0.25) is 0 Å². The first-order chi connectivity index (χ1) is 7.36. The Bertz CT molecular complexity index is 467. The zero-order valence-electron chi connectivity index (χ0n) is 7.92. The number of ether oxygens (including phenoxy) is 1. The van der Waals surface area contributed by atoms with E-state index in [1.165, 1.54) is 0 Å². The number of hydrogen-bond acceptors (Lipinski definition) is 4. The van der Waals surface area contributed by atoms with E-state index in [0.717, 1.165) is 11.1 Å². The van der Waals surface area contributed by atoms with Gasteiger partial charge in [0.25, 0.3) is 0 Å². The number of hydrogen-bond donors (Lipinski definition) is 1. The van der Waals surface area contributed by atoms with Crippen molar-refractivity contribution in [2.45, 2.75) is 6.04 Å². The molecule has 0 saturated carbocycles. The highest BCUT2D eigenvalue weighted by Gasteiger charge is 2.25. The summed E-state index contributed by atoms with van der Waals surface area (Å²) in [4.78, 5) is 8.25. The molecule has 0 bridgehead atoms.